The van der Waals surface area contributed by atoms with Crippen LogP contribution in [0.3, 0.4) is 0 Å². The van der Waals surface area contributed by atoms with Gasteiger partial charge in [-0.1, -0.05) is 37.8 Å². The standard InChI is InChI=1S/C16H28ClN3/c1-4-14-16(17)15(20(5-2)19-14)11-18-12(3)13-9-7-6-8-10-13/h12-13,18H,4-11H2,1-3H3/t12-/m1/s1. The van der Waals surface area contributed by atoms with Gasteiger partial charge in [0.15, 0.2) is 0 Å². The third-order valence-corrected chi connectivity index (χ3v) is 5.08. The predicted molar refractivity (Wildman–Crippen MR) is 85.2 cm³/mol. The first-order valence-corrected chi connectivity index (χ1v) is 8.52. The lowest BCUT2D eigenvalue weighted by atomic mass is 9.84. The van der Waals surface area contributed by atoms with Crippen molar-refractivity contribution in [2.45, 2.75) is 78.4 Å². The van der Waals surface area contributed by atoms with Crippen LogP contribution < -0.4 is 5.32 Å². The van der Waals surface area contributed by atoms with Gasteiger partial charge in [0.05, 0.1) is 16.4 Å². The summed E-state index contributed by atoms with van der Waals surface area (Å²) in [6, 6.07) is 0.566. The Kier molecular flexibility index (Phi) is 5.91. The second-order valence-electron chi connectivity index (χ2n) is 5.94. The molecular weight excluding hydrogens is 270 g/mol. The molecule has 0 unspecified atom stereocenters. The fraction of sp³-hybridized carbons (Fsp3) is 0.812. The van der Waals surface area contributed by atoms with E-state index in [2.05, 4.69) is 31.2 Å². The normalized spacial score (nSPS) is 18.4. The SMILES string of the molecule is CCc1nn(CC)c(CN[C@H](C)C2CCCCC2)c1Cl. The molecule has 0 bridgehead atoms. The van der Waals surface area contributed by atoms with Gasteiger partial charge in [-0.05, 0) is 39.0 Å². The van der Waals surface area contributed by atoms with E-state index in [0.717, 1.165) is 41.8 Å². The van der Waals surface area contributed by atoms with Gasteiger partial charge < -0.3 is 5.32 Å². The van der Waals surface area contributed by atoms with Gasteiger partial charge in [0.2, 0.25) is 0 Å². The molecule has 1 fully saturated rings. The Bertz CT molecular complexity index is 422. The maximum Gasteiger partial charge on any atom is 0.0863 e. The van der Waals surface area contributed by atoms with Crippen LogP contribution in [0.1, 0.15) is 64.3 Å². The largest absolute Gasteiger partial charge is 0.308 e. The lowest BCUT2D eigenvalue weighted by Gasteiger charge is -2.28. The fourth-order valence-electron chi connectivity index (χ4n) is 3.24. The zero-order valence-electron chi connectivity index (χ0n) is 13.1. The minimum Gasteiger partial charge on any atom is -0.308 e. The zero-order valence-corrected chi connectivity index (χ0v) is 13.8. The summed E-state index contributed by atoms with van der Waals surface area (Å²) in [5, 5.41) is 9.12. The summed E-state index contributed by atoms with van der Waals surface area (Å²) < 4.78 is 2.04. The highest BCUT2D eigenvalue weighted by Gasteiger charge is 2.21. The summed E-state index contributed by atoms with van der Waals surface area (Å²) >= 11 is 6.45. The first-order chi connectivity index (χ1) is 9.67. The molecule has 0 amide bonds. The second kappa shape index (κ2) is 7.46. The fourth-order valence-corrected chi connectivity index (χ4v) is 3.58. The van der Waals surface area contributed by atoms with Crippen molar-refractivity contribution in [1.29, 1.82) is 0 Å². The topological polar surface area (TPSA) is 29.9 Å². The molecular formula is C16H28ClN3. The summed E-state index contributed by atoms with van der Waals surface area (Å²) in [6.45, 7) is 8.26. The molecule has 1 N–H and O–H groups in total. The van der Waals surface area contributed by atoms with Crippen molar-refractivity contribution in [2.24, 2.45) is 5.92 Å². The van der Waals surface area contributed by atoms with Crippen LogP contribution in [0.5, 0.6) is 0 Å². The van der Waals surface area contributed by atoms with Crippen LogP contribution in [0, 0.1) is 5.92 Å². The number of aryl methyl sites for hydroxylation is 2. The molecule has 114 valence electrons. The van der Waals surface area contributed by atoms with E-state index in [1.807, 2.05) is 4.68 Å². The Morgan fingerprint density at radius 2 is 2.00 bits per heavy atom. The quantitative estimate of drug-likeness (QED) is 0.854. The predicted octanol–water partition coefficient (Wildman–Crippen LogP) is 4.18. The maximum atomic E-state index is 6.45. The number of hydrogen-bond donors (Lipinski definition) is 1. The highest BCUT2D eigenvalue weighted by molar-refractivity contribution is 6.31. The van der Waals surface area contributed by atoms with Crippen molar-refractivity contribution in [3.63, 3.8) is 0 Å². The van der Waals surface area contributed by atoms with Crippen molar-refractivity contribution in [1.82, 2.24) is 15.1 Å². The van der Waals surface area contributed by atoms with Crippen molar-refractivity contribution in [3.8, 4) is 0 Å². The summed E-state index contributed by atoms with van der Waals surface area (Å²) in [6.07, 6.45) is 7.84. The average Bonchev–Trinajstić information content (AvgIpc) is 2.81. The Balaban J connectivity index is 1.97. The van der Waals surface area contributed by atoms with Gasteiger partial charge in [-0.3, -0.25) is 4.68 Å². The molecule has 2 rings (SSSR count). The first-order valence-electron chi connectivity index (χ1n) is 8.14. The van der Waals surface area contributed by atoms with Crippen LogP contribution in [0.4, 0.5) is 0 Å². The monoisotopic (exact) mass is 297 g/mol. The summed E-state index contributed by atoms with van der Waals surface area (Å²) in [7, 11) is 0. The number of nitrogens with one attached hydrogen (secondary N) is 1. The lowest BCUT2D eigenvalue weighted by Crippen LogP contribution is -2.34. The number of hydrogen-bond acceptors (Lipinski definition) is 2. The van der Waals surface area contributed by atoms with E-state index in [-0.39, 0.29) is 0 Å². The molecule has 0 spiro atoms. The lowest BCUT2D eigenvalue weighted by molar-refractivity contribution is 0.279. The van der Waals surface area contributed by atoms with Gasteiger partial charge in [0.25, 0.3) is 0 Å². The molecule has 1 atom stereocenters. The van der Waals surface area contributed by atoms with Crippen molar-refractivity contribution < 1.29 is 0 Å². The van der Waals surface area contributed by atoms with Crippen molar-refractivity contribution >= 4 is 11.6 Å². The highest BCUT2D eigenvalue weighted by atomic mass is 35.5. The number of nitrogens with zero attached hydrogens (tertiary/aromatic N) is 2. The first kappa shape index (κ1) is 15.8. The molecule has 3 nitrogen and oxygen atoms in total. The van der Waals surface area contributed by atoms with Gasteiger partial charge in [-0.25, -0.2) is 0 Å². The molecule has 1 aliphatic carbocycles. The molecule has 1 heterocycles. The average molecular weight is 298 g/mol. The second-order valence-corrected chi connectivity index (χ2v) is 6.32. The Labute approximate surface area is 128 Å². The van der Waals surface area contributed by atoms with E-state index < -0.39 is 0 Å². The smallest absolute Gasteiger partial charge is 0.0863 e. The van der Waals surface area contributed by atoms with E-state index in [0.29, 0.717) is 6.04 Å². The highest BCUT2D eigenvalue weighted by Crippen LogP contribution is 2.27. The van der Waals surface area contributed by atoms with E-state index >= 15 is 0 Å². The maximum absolute atomic E-state index is 6.45. The zero-order chi connectivity index (χ0) is 14.5. The molecule has 4 heteroatoms. The van der Waals surface area contributed by atoms with Crippen molar-refractivity contribution in [3.05, 3.63) is 16.4 Å². The minimum atomic E-state index is 0.566. The van der Waals surface area contributed by atoms with Crippen LogP contribution in [0.2, 0.25) is 5.02 Å². The van der Waals surface area contributed by atoms with E-state index in [9.17, 15) is 0 Å². The Morgan fingerprint density at radius 1 is 1.30 bits per heavy atom. The molecule has 1 aromatic heterocycles. The van der Waals surface area contributed by atoms with Crippen LogP contribution in [-0.4, -0.2) is 15.8 Å². The number of aromatic nitrogens is 2. The molecule has 1 saturated carbocycles. The molecule has 0 aliphatic heterocycles. The van der Waals surface area contributed by atoms with Gasteiger partial charge in [0.1, 0.15) is 0 Å². The Morgan fingerprint density at radius 3 is 2.60 bits per heavy atom. The summed E-state index contributed by atoms with van der Waals surface area (Å²) in [4.78, 5) is 0. The van der Waals surface area contributed by atoms with Gasteiger partial charge >= 0.3 is 0 Å². The molecule has 0 aromatic carbocycles. The number of rotatable bonds is 6. The van der Waals surface area contributed by atoms with Gasteiger partial charge in [-0.15, -0.1) is 0 Å². The van der Waals surface area contributed by atoms with Crippen LogP contribution in [0.15, 0.2) is 0 Å². The molecule has 0 radical (unpaired) electrons. The van der Waals surface area contributed by atoms with Crippen LogP contribution >= 0.6 is 11.6 Å². The van der Waals surface area contributed by atoms with E-state index in [4.69, 9.17) is 11.6 Å². The molecule has 20 heavy (non-hydrogen) atoms. The minimum absolute atomic E-state index is 0.566. The third kappa shape index (κ3) is 3.56. The van der Waals surface area contributed by atoms with E-state index in [1.165, 1.54) is 32.1 Å². The number of halogens is 1. The Hall–Kier alpha value is -0.540. The summed E-state index contributed by atoms with van der Waals surface area (Å²) in [5.41, 5.74) is 2.17. The van der Waals surface area contributed by atoms with Gasteiger partial charge in [-0.2, -0.15) is 5.10 Å². The third-order valence-electron chi connectivity index (χ3n) is 4.64. The van der Waals surface area contributed by atoms with Crippen LogP contribution in [-0.2, 0) is 19.5 Å². The van der Waals surface area contributed by atoms with Crippen molar-refractivity contribution in [2.75, 3.05) is 0 Å². The molecule has 0 saturated heterocycles. The summed E-state index contributed by atoms with van der Waals surface area (Å²) in [5.74, 6) is 0.825. The molecule has 1 aliphatic rings. The molecule has 1 aromatic rings. The van der Waals surface area contributed by atoms with Crippen LogP contribution in [0.25, 0.3) is 0 Å². The van der Waals surface area contributed by atoms with Gasteiger partial charge in [0, 0.05) is 19.1 Å². The van der Waals surface area contributed by atoms with E-state index in [1.54, 1.807) is 0 Å².